The summed E-state index contributed by atoms with van der Waals surface area (Å²) in [5, 5.41) is 15.3. The number of urea groups is 1. The largest absolute Gasteiger partial charge is 0.480 e. The minimum Gasteiger partial charge on any atom is -0.480 e. The van der Waals surface area contributed by atoms with E-state index in [2.05, 4.69) is 15.5 Å². The molecule has 1 fully saturated rings. The van der Waals surface area contributed by atoms with Gasteiger partial charge in [-0.05, 0) is 6.42 Å². The number of aromatic nitrogens is 2. The van der Waals surface area contributed by atoms with E-state index in [0.717, 1.165) is 12.8 Å². The minimum absolute atomic E-state index is 0.0838. The molecule has 0 spiro atoms. The smallest absolute Gasteiger partial charge is 0.327 e. The second kappa shape index (κ2) is 7.30. The van der Waals surface area contributed by atoms with Gasteiger partial charge in [-0.3, -0.25) is 4.90 Å². The molecule has 0 radical (unpaired) electrons. The van der Waals surface area contributed by atoms with E-state index in [9.17, 15) is 14.7 Å². The van der Waals surface area contributed by atoms with E-state index in [-0.39, 0.29) is 11.4 Å². The van der Waals surface area contributed by atoms with Crippen LogP contribution in [0.1, 0.15) is 25.7 Å². The highest BCUT2D eigenvalue weighted by Crippen LogP contribution is 2.32. The highest BCUT2D eigenvalue weighted by atomic mass is 32.2. The Morgan fingerprint density at radius 3 is 3.05 bits per heavy atom. The number of aliphatic carboxylic acids is 1. The van der Waals surface area contributed by atoms with Gasteiger partial charge in [0.2, 0.25) is 5.89 Å². The van der Waals surface area contributed by atoms with Crippen LogP contribution in [0.5, 0.6) is 0 Å². The summed E-state index contributed by atoms with van der Waals surface area (Å²) < 4.78 is 4.84. The highest BCUT2D eigenvalue weighted by Gasteiger charge is 2.41. The van der Waals surface area contributed by atoms with Crippen molar-refractivity contribution in [2.45, 2.75) is 37.6 Å². The lowest BCUT2D eigenvalue weighted by atomic mass is 10.2. The van der Waals surface area contributed by atoms with Crippen LogP contribution in [-0.2, 0) is 11.2 Å². The van der Waals surface area contributed by atoms with Crippen LogP contribution < -0.4 is 5.32 Å². The average Bonchev–Trinajstić information content (AvgIpc) is 3.08. The summed E-state index contributed by atoms with van der Waals surface area (Å²) in [5.74, 6) is -0.101. The first kappa shape index (κ1) is 15.6. The molecule has 2 N–H and O–H groups in total. The zero-order chi connectivity index (χ0) is 15.2. The molecular weight excluding hydrogens is 296 g/mol. The second-order valence-electron chi connectivity index (χ2n) is 4.65. The van der Waals surface area contributed by atoms with Gasteiger partial charge in [0.15, 0.2) is 6.33 Å². The first-order chi connectivity index (χ1) is 10.1. The number of hydrogen-bond acceptors (Lipinski definition) is 6. The third-order valence-electron chi connectivity index (χ3n) is 3.17. The van der Waals surface area contributed by atoms with Crippen molar-refractivity contribution in [1.29, 1.82) is 0 Å². The molecule has 2 amide bonds. The SMILES string of the molecule is CCCC1SCC(C(=O)O)N1C(=O)NCCc1ncno1. The van der Waals surface area contributed by atoms with Gasteiger partial charge in [0.05, 0.1) is 5.37 Å². The molecular formula is C12H18N4O4S. The van der Waals surface area contributed by atoms with Crippen LogP contribution in [0.4, 0.5) is 4.79 Å². The van der Waals surface area contributed by atoms with Crippen LogP contribution in [-0.4, -0.2) is 55.9 Å². The molecule has 2 heterocycles. The maximum absolute atomic E-state index is 12.2. The van der Waals surface area contributed by atoms with Gasteiger partial charge >= 0.3 is 12.0 Å². The molecule has 1 saturated heterocycles. The lowest BCUT2D eigenvalue weighted by Crippen LogP contribution is -2.50. The number of nitrogens with one attached hydrogen (secondary N) is 1. The van der Waals surface area contributed by atoms with Crippen molar-refractivity contribution < 1.29 is 19.2 Å². The number of carboxylic acids is 1. The first-order valence-corrected chi connectivity index (χ1v) is 7.84. The number of nitrogens with zero attached hydrogens (tertiary/aromatic N) is 3. The van der Waals surface area contributed by atoms with Gasteiger partial charge in [-0.25, -0.2) is 9.59 Å². The topological polar surface area (TPSA) is 109 Å². The Kier molecular flexibility index (Phi) is 5.43. The minimum atomic E-state index is -0.965. The van der Waals surface area contributed by atoms with Crippen molar-refractivity contribution in [3.63, 3.8) is 0 Å². The van der Waals surface area contributed by atoms with Crippen molar-refractivity contribution >= 4 is 23.8 Å². The van der Waals surface area contributed by atoms with Crippen LogP contribution in [0.25, 0.3) is 0 Å². The van der Waals surface area contributed by atoms with E-state index in [1.165, 1.54) is 23.0 Å². The third kappa shape index (κ3) is 3.87. The van der Waals surface area contributed by atoms with E-state index in [1.807, 2.05) is 6.92 Å². The molecule has 2 unspecified atom stereocenters. The van der Waals surface area contributed by atoms with Gasteiger partial charge in [-0.15, -0.1) is 11.8 Å². The van der Waals surface area contributed by atoms with E-state index in [1.54, 1.807) is 0 Å². The van der Waals surface area contributed by atoms with Gasteiger partial charge < -0.3 is 14.9 Å². The molecule has 21 heavy (non-hydrogen) atoms. The number of thioether (sulfide) groups is 1. The molecule has 1 aromatic rings. The summed E-state index contributed by atoms with van der Waals surface area (Å²) in [6.45, 7) is 2.34. The average molecular weight is 314 g/mol. The maximum Gasteiger partial charge on any atom is 0.327 e. The number of carbonyl (C=O) groups is 2. The summed E-state index contributed by atoms with van der Waals surface area (Å²) >= 11 is 1.51. The van der Waals surface area contributed by atoms with Crippen molar-refractivity contribution in [3.8, 4) is 0 Å². The van der Waals surface area contributed by atoms with Gasteiger partial charge in [-0.2, -0.15) is 4.98 Å². The lowest BCUT2D eigenvalue weighted by molar-refractivity contribution is -0.141. The fourth-order valence-electron chi connectivity index (χ4n) is 2.17. The van der Waals surface area contributed by atoms with Crippen LogP contribution in [0, 0.1) is 0 Å². The number of carboxylic acid groups (broad SMARTS) is 1. The normalized spacial score (nSPS) is 21.5. The van der Waals surface area contributed by atoms with Gasteiger partial charge in [-0.1, -0.05) is 18.5 Å². The molecule has 2 rings (SSSR count). The third-order valence-corrected chi connectivity index (χ3v) is 4.53. The van der Waals surface area contributed by atoms with Crippen LogP contribution >= 0.6 is 11.8 Å². The van der Waals surface area contributed by atoms with Crippen molar-refractivity contribution in [3.05, 3.63) is 12.2 Å². The fourth-order valence-corrected chi connectivity index (χ4v) is 3.68. The lowest BCUT2D eigenvalue weighted by Gasteiger charge is -2.27. The molecule has 0 bridgehead atoms. The van der Waals surface area contributed by atoms with Crippen molar-refractivity contribution in [2.75, 3.05) is 12.3 Å². The van der Waals surface area contributed by atoms with Crippen LogP contribution in [0.3, 0.4) is 0 Å². The second-order valence-corrected chi connectivity index (χ2v) is 5.87. The molecule has 1 aliphatic rings. The number of hydrogen-bond donors (Lipinski definition) is 2. The molecule has 116 valence electrons. The molecule has 0 aromatic carbocycles. The Morgan fingerprint density at radius 2 is 2.43 bits per heavy atom. The number of carbonyl (C=O) groups excluding carboxylic acids is 1. The highest BCUT2D eigenvalue weighted by molar-refractivity contribution is 8.00. The van der Waals surface area contributed by atoms with E-state index >= 15 is 0 Å². The summed E-state index contributed by atoms with van der Waals surface area (Å²) in [5.41, 5.74) is 0. The summed E-state index contributed by atoms with van der Waals surface area (Å²) in [6, 6.07) is -1.12. The van der Waals surface area contributed by atoms with Gasteiger partial charge in [0, 0.05) is 18.7 Å². The molecule has 0 aliphatic carbocycles. The predicted octanol–water partition coefficient (Wildman–Crippen LogP) is 0.950. The Hall–Kier alpha value is -1.77. The van der Waals surface area contributed by atoms with E-state index in [4.69, 9.17) is 4.52 Å². The molecule has 8 nitrogen and oxygen atoms in total. The molecule has 9 heteroatoms. The quantitative estimate of drug-likeness (QED) is 0.804. The molecule has 0 saturated carbocycles. The van der Waals surface area contributed by atoms with Crippen LogP contribution in [0.15, 0.2) is 10.9 Å². The summed E-state index contributed by atoms with van der Waals surface area (Å²) in [6.07, 6.45) is 3.40. The maximum atomic E-state index is 12.2. The summed E-state index contributed by atoms with van der Waals surface area (Å²) in [7, 11) is 0. The monoisotopic (exact) mass is 314 g/mol. The Bertz CT molecular complexity index is 482. The molecule has 1 aromatic heterocycles. The predicted molar refractivity (Wildman–Crippen MR) is 75.8 cm³/mol. The van der Waals surface area contributed by atoms with Crippen molar-refractivity contribution in [1.82, 2.24) is 20.4 Å². The van der Waals surface area contributed by atoms with Gasteiger partial charge in [0.1, 0.15) is 6.04 Å². The Labute approximate surface area is 126 Å². The first-order valence-electron chi connectivity index (χ1n) is 6.79. The van der Waals surface area contributed by atoms with E-state index in [0.29, 0.717) is 24.6 Å². The van der Waals surface area contributed by atoms with Gasteiger partial charge in [0.25, 0.3) is 0 Å². The zero-order valence-corrected chi connectivity index (χ0v) is 12.5. The Balaban J connectivity index is 1.91. The van der Waals surface area contributed by atoms with Crippen molar-refractivity contribution in [2.24, 2.45) is 0 Å². The summed E-state index contributed by atoms with van der Waals surface area (Å²) in [4.78, 5) is 28.8. The Morgan fingerprint density at radius 1 is 1.62 bits per heavy atom. The van der Waals surface area contributed by atoms with Crippen LogP contribution in [0.2, 0.25) is 0 Å². The zero-order valence-electron chi connectivity index (χ0n) is 11.7. The number of amides is 2. The fraction of sp³-hybridized carbons (Fsp3) is 0.667. The molecule has 1 aliphatic heterocycles. The van der Waals surface area contributed by atoms with E-state index < -0.39 is 12.0 Å². The molecule has 2 atom stereocenters. The number of rotatable bonds is 6. The standard InChI is InChI=1S/C12H18N4O4S/c1-2-3-10-16(8(6-21-10)11(17)18)12(19)13-5-4-9-14-7-15-20-9/h7-8,10H,2-6H2,1H3,(H,13,19)(H,17,18).